The minimum Gasteiger partial charge on any atom is -0.486 e. The third-order valence-corrected chi connectivity index (χ3v) is 4.50. The van der Waals surface area contributed by atoms with Gasteiger partial charge in [-0.3, -0.25) is 4.68 Å². The molecular formula is C12H19ClN2O. The number of alkyl halides is 1. The van der Waals surface area contributed by atoms with Gasteiger partial charge in [0, 0.05) is 24.3 Å². The van der Waals surface area contributed by atoms with Crippen LogP contribution < -0.4 is 4.74 Å². The molecule has 0 aliphatic heterocycles. The van der Waals surface area contributed by atoms with Crippen LogP contribution in [0.1, 0.15) is 31.7 Å². The van der Waals surface area contributed by atoms with E-state index in [2.05, 4.69) is 18.9 Å². The van der Waals surface area contributed by atoms with E-state index in [0.717, 1.165) is 23.6 Å². The smallest absolute Gasteiger partial charge is 0.163 e. The molecule has 1 aliphatic carbocycles. The Bertz CT molecular complexity index is 411. The molecule has 0 saturated heterocycles. The molecule has 2 unspecified atom stereocenters. The summed E-state index contributed by atoms with van der Waals surface area (Å²) >= 11 is 6.19. The summed E-state index contributed by atoms with van der Waals surface area (Å²) in [4.78, 5) is 0. The van der Waals surface area contributed by atoms with Crippen LogP contribution in [0.25, 0.3) is 0 Å². The van der Waals surface area contributed by atoms with Gasteiger partial charge >= 0.3 is 0 Å². The highest BCUT2D eigenvalue weighted by molar-refractivity contribution is 6.21. The quantitative estimate of drug-likeness (QED) is 0.746. The second-order valence-electron chi connectivity index (χ2n) is 5.25. The van der Waals surface area contributed by atoms with Crippen LogP contribution in [-0.4, -0.2) is 21.3 Å². The van der Waals surface area contributed by atoms with Crippen molar-refractivity contribution in [1.82, 2.24) is 9.78 Å². The number of rotatable bonds is 2. The van der Waals surface area contributed by atoms with Crippen LogP contribution in [-0.2, 0) is 7.05 Å². The lowest BCUT2D eigenvalue weighted by Crippen LogP contribution is -2.53. The van der Waals surface area contributed by atoms with E-state index in [1.165, 1.54) is 0 Å². The van der Waals surface area contributed by atoms with Crippen molar-refractivity contribution in [2.45, 2.75) is 45.6 Å². The highest BCUT2D eigenvalue weighted by atomic mass is 35.5. The molecule has 1 fully saturated rings. The summed E-state index contributed by atoms with van der Waals surface area (Å²) in [5.41, 5.74) is 2.08. The molecule has 0 amide bonds. The highest BCUT2D eigenvalue weighted by Crippen LogP contribution is 2.47. The predicted octanol–water partition coefficient (Wildman–Crippen LogP) is 2.82. The van der Waals surface area contributed by atoms with Gasteiger partial charge < -0.3 is 4.74 Å². The number of aromatic nitrogens is 2. The predicted molar refractivity (Wildman–Crippen MR) is 65.1 cm³/mol. The molecule has 1 aliphatic rings. The molecule has 1 heterocycles. The van der Waals surface area contributed by atoms with Crippen LogP contribution in [0.3, 0.4) is 0 Å². The summed E-state index contributed by atoms with van der Waals surface area (Å²) in [7, 11) is 1.94. The van der Waals surface area contributed by atoms with Crippen molar-refractivity contribution in [3.8, 4) is 5.75 Å². The zero-order valence-corrected chi connectivity index (χ0v) is 11.3. The molecule has 4 heteroatoms. The Labute approximate surface area is 102 Å². The molecule has 0 radical (unpaired) electrons. The number of hydrogen-bond donors (Lipinski definition) is 0. The first-order valence-corrected chi connectivity index (χ1v) is 6.08. The van der Waals surface area contributed by atoms with Crippen LogP contribution in [0.5, 0.6) is 5.75 Å². The third kappa shape index (κ3) is 1.61. The van der Waals surface area contributed by atoms with E-state index in [4.69, 9.17) is 16.3 Å². The SMILES string of the molecule is Cc1nn(C)c(C)c1OC1CC(Cl)C1(C)C. The average Bonchev–Trinajstić information content (AvgIpc) is 2.44. The zero-order valence-electron chi connectivity index (χ0n) is 10.5. The molecule has 0 bridgehead atoms. The number of halogens is 1. The molecule has 16 heavy (non-hydrogen) atoms. The topological polar surface area (TPSA) is 27.1 Å². The maximum absolute atomic E-state index is 6.19. The lowest BCUT2D eigenvalue weighted by Gasteiger charge is -2.48. The Morgan fingerprint density at radius 1 is 1.44 bits per heavy atom. The maximum Gasteiger partial charge on any atom is 0.163 e. The van der Waals surface area contributed by atoms with Gasteiger partial charge in [-0.1, -0.05) is 13.8 Å². The Morgan fingerprint density at radius 3 is 2.44 bits per heavy atom. The zero-order chi connectivity index (χ0) is 12.1. The van der Waals surface area contributed by atoms with E-state index in [1.54, 1.807) is 0 Å². The monoisotopic (exact) mass is 242 g/mol. The van der Waals surface area contributed by atoms with Crippen molar-refractivity contribution < 1.29 is 4.74 Å². The van der Waals surface area contributed by atoms with Crippen LogP contribution in [0.15, 0.2) is 0 Å². The minimum absolute atomic E-state index is 0.0519. The van der Waals surface area contributed by atoms with Crippen molar-refractivity contribution in [2.75, 3.05) is 0 Å². The second-order valence-corrected chi connectivity index (χ2v) is 5.78. The average molecular weight is 243 g/mol. The molecule has 2 atom stereocenters. The van der Waals surface area contributed by atoms with E-state index < -0.39 is 0 Å². The summed E-state index contributed by atoms with van der Waals surface area (Å²) in [6.45, 7) is 8.31. The van der Waals surface area contributed by atoms with E-state index in [-0.39, 0.29) is 16.9 Å². The van der Waals surface area contributed by atoms with Crippen molar-refractivity contribution in [2.24, 2.45) is 12.5 Å². The summed E-state index contributed by atoms with van der Waals surface area (Å²) in [5.74, 6) is 0.921. The Balaban J connectivity index is 2.17. The van der Waals surface area contributed by atoms with Gasteiger partial charge in [0.1, 0.15) is 11.8 Å². The molecule has 3 nitrogen and oxygen atoms in total. The maximum atomic E-state index is 6.19. The van der Waals surface area contributed by atoms with Gasteiger partial charge in [0.05, 0.1) is 5.69 Å². The molecule has 1 aromatic heterocycles. The standard InChI is InChI=1S/C12H19ClN2O/c1-7-11(8(2)15(5)14-7)16-10-6-9(13)12(10,3)4/h9-10H,6H2,1-5H3. The van der Waals surface area contributed by atoms with E-state index in [9.17, 15) is 0 Å². The van der Waals surface area contributed by atoms with Crippen molar-refractivity contribution in [3.05, 3.63) is 11.4 Å². The van der Waals surface area contributed by atoms with E-state index in [1.807, 2.05) is 25.6 Å². The Kier molecular flexibility index (Phi) is 2.69. The molecular weight excluding hydrogens is 224 g/mol. The molecule has 1 aromatic rings. The largest absolute Gasteiger partial charge is 0.486 e. The lowest BCUT2D eigenvalue weighted by atomic mass is 9.68. The van der Waals surface area contributed by atoms with E-state index in [0.29, 0.717) is 0 Å². The normalized spacial score (nSPS) is 27.6. The molecule has 2 rings (SSSR count). The first-order valence-electron chi connectivity index (χ1n) is 5.65. The van der Waals surface area contributed by atoms with Gasteiger partial charge in [-0.15, -0.1) is 11.6 Å². The fraction of sp³-hybridized carbons (Fsp3) is 0.750. The Hall–Kier alpha value is -0.700. The van der Waals surface area contributed by atoms with Crippen molar-refractivity contribution >= 4 is 11.6 Å². The molecule has 90 valence electrons. The fourth-order valence-corrected chi connectivity index (χ4v) is 2.41. The van der Waals surface area contributed by atoms with Crippen molar-refractivity contribution in [1.29, 1.82) is 0 Å². The van der Waals surface area contributed by atoms with Gasteiger partial charge in [0.15, 0.2) is 5.75 Å². The van der Waals surface area contributed by atoms with Gasteiger partial charge in [-0.2, -0.15) is 5.10 Å². The molecule has 0 aromatic carbocycles. The summed E-state index contributed by atoms with van der Waals surface area (Å²) in [6, 6.07) is 0. The second kappa shape index (κ2) is 3.66. The number of hydrogen-bond acceptors (Lipinski definition) is 2. The first-order chi connectivity index (χ1) is 7.34. The van der Waals surface area contributed by atoms with Crippen LogP contribution in [0, 0.1) is 19.3 Å². The van der Waals surface area contributed by atoms with Gasteiger partial charge in [-0.25, -0.2) is 0 Å². The van der Waals surface area contributed by atoms with Gasteiger partial charge in [0.25, 0.3) is 0 Å². The third-order valence-electron chi connectivity index (χ3n) is 3.76. The van der Waals surface area contributed by atoms with Gasteiger partial charge in [0.2, 0.25) is 0 Å². The molecule has 0 spiro atoms. The molecule has 0 N–H and O–H groups in total. The van der Waals surface area contributed by atoms with Crippen LogP contribution in [0.2, 0.25) is 0 Å². The summed E-state index contributed by atoms with van der Waals surface area (Å²) in [5, 5.41) is 4.56. The fourth-order valence-electron chi connectivity index (χ4n) is 2.10. The Morgan fingerprint density at radius 2 is 2.06 bits per heavy atom. The van der Waals surface area contributed by atoms with Crippen LogP contribution in [0.4, 0.5) is 0 Å². The first kappa shape index (κ1) is 11.8. The lowest BCUT2D eigenvalue weighted by molar-refractivity contribution is -0.0139. The van der Waals surface area contributed by atoms with Crippen LogP contribution >= 0.6 is 11.6 Å². The van der Waals surface area contributed by atoms with E-state index >= 15 is 0 Å². The minimum atomic E-state index is 0.0519. The number of nitrogens with zero attached hydrogens (tertiary/aromatic N) is 2. The molecule has 1 saturated carbocycles. The summed E-state index contributed by atoms with van der Waals surface area (Å²) < 4.78 is 7.91. The van der Waals surface area contributed by atoms with Crippen molar-refractivity contribution in [3.63, 3.8) is 0 Å². The highest BCUT2D eigenvalue weighted by Gasteiger charge is 2.49. The van der Waals surface area contributed by atoms with Gasteiger partial charge in [-0.05, 0) is 13.8 Å². The number of ether oxygens (including phenoxy) is 1. The summed E-state index contributed by atoms with van der Waals surface area (Å²) in [6.07, 6.45) is 1.12. The number of aryl methyl sites for hydroxylation is 2.